The molecule has 0 unspecified atom stereocenters. The molecule has 1 amide bonds. The predicted octanol–water partition coefficient (Wildman–Crippen LogP) is 4.73. The highest BCUT2D eigenvalue weighted by Gasteiger charge is 2.18. The van der Waals surface area contributed by atoms with Crippen LogP contribution in [0.25, 0.3) is 21.0 Å². The molecule has 3 aromatic carbocycles. The van der Waals surface area contributed by atoms with E-state index in [0.717, 1.165) is 28.6 Å². The van der Waals surface area contributed by atoms with Crippen molar-refractivity contribution in [1.82, 2.24) is 4.98 Å². The quantitative estimate of drug-likeness (QED) is 0.584. The summed E-state index contributed by atoms with van der Waals surface area (Å²) < 4.78 is 1.15. The molecule has 1 heterocycles. The fraction of sp³-hybridized carbons (Fsp3) is 0.143. The maximum absolute atomic E-state index is 12.3. The Morgan fingerprint density at radius 2 is 1.88 bits per heavy atom. The molecule has 4 aromatic rings. The summed E-state index contributed by atoms with van der Waals surface area (Å²) >= 11 is 1.56. The highest BCUT2D eigenvalue weighted by atomic mass is 32.1. The molecule has 1 aliphatic rings. The van der Waals surface area contributed by atoms with E-state index in [-0.39, 0.29) is 5.91 Å². The van der Waals surface area contributed by atoms with Gasteiger partial charge in [0, 0.05) is 5.39 Å². The van der Waals surface area contributed by atoms with E-state index >= 15 is 0 Å². The summed E-state index contributed by atoms with van der Waals surface area (Å²) in [6.07, 6.45) is 2.58. The first-order valence-corrected chi connectivity index (χ1v) is 9.27. The van der Waals surface area contributed by atoms with Gasteiger partial charge in [-0.25, -0.2) is 4.98 Å². The van der Waals surface area contributed by atoms with E-state index in [1.54, 1.807) is 11.3 Å². The Bertz CT molecular complexity index is 1120. The zero-order valence-electron chi connectivity index (χ0n) is 13.6. The fourth-order valence-electron chi connectivity index (χ4n) is 3.70. The zero-order valence-corrected chi connectivity index (χ0v) is 14.4. The zero-order chi connectivity index (χ0) is 16.8. The average Bonchev–Trinajstić information content (AvgIpc) is 3.21. The van der Waals surface area contributed by atoms with Crippen LogP contribution in [0, 0.1) is 0 Å². The summed E-state index contributed by atoms with van der Waals surface area (Å²) in [6, 6.07) is 18.5. The van der Waals surface area contributed by atoms with Gasteiger partial charge in [-0.2, -0.15) is 0 Å². The molecule has 4 heteroatoms. The Morgan fingerprint density at radius 1 is 1.04 bits per heavy atom. The molecule has 0 radical (unpaired) electrons. The number of nitrogens with one attached hydrogen (secondary N) is 1. The van der Waals surface area contributed by atoms with Gasteiger partial charge in [-0.3, -0.25) is 4.79 Å². The largest absolute Gasteiger partial charge is 0.302 e. The number of nitrogens with zero attached hydrogens (tertiary/aromatic N) is 1. The molecule has 25 heavy (non-hydrogen) atoms. The number of aromatic nitrogens is 1. The summed E-state index contributed by atoms with van der Waals surface area (Å²) in [5.41, 5.74) is 4.83. The topological polar surface area (TPSA) is 42.0 Å². The van der Waals surface area contributed by atoms with Crippen molar-refractivity contribution in [1.29, 1.82) is 0 Å². The van der Waals surface area contributed by atoms with Gasteiger partial charge >= 0.3 is 0 Å². The smallest absolute Gasteiger partial charge is 0.230 e. The van der Waals surface area contributed by atoms with Crippen LogP contribution in [0.1, 0.15) is 16.7 Å². The number of thiazole rings is 1. The molecule has 1 aliphatic carbocycles. The molecule has 0 bridgehead atoms. The van der Waals surface area contributed by atoms with Crippen molar-refractivity contribution in [3.05, 3.63) is 71.3 Å². The van der Waals surface area contributed by atoms with E-state index in [1.165, 1.54) is 21.9 Å². The van der Waals surface area contributed by atoms with Gasteiger partial charge < -0.3 is 5.32 Å². The molecule has 0 saturated carbocycles. The Hall–Kier alpha value is -2.72. The molecule has 1 N–H and O–H groups in total. The third-order valence-corrected chi connectivity index (χ3v) is 5.72. The second kappa shape index (κ2) is 5.67. The number of anilines is 1. The van der Waals surface area contributed by atoms with Crippen molar-refractivity contribution in [3.8, 4) is 0 Å². The minimum absolute atomic E-state index is 0.0254. The highest BCUT2D eigenvalue weighted by molar-refractivity contribution is 7.22. The first-order valence-electron chi connectivity index (χ1n) is 8.46. The minimum atomic E-state index is -0.0254. The summed E-state index contributed by atoms with van der Waals surface area (Å²) in [4.78, 5) is 17.0. The Kier molecular flexibility index (Phi) is 3.31. The summed E-state index contributed by atoms with van der Waals surface area (Å²) in [5.74, 6) is -0.0254. The average molecular weight is 344 g/mol. The number of carbonyl (C=O) groups is 1. The number of hydrogen-bond acceptors (Lipinski definition) is 3. The number of rotatable bonds is 3. The third-order valence-electron chi connectivity index (χ3n) is 4.80. The second-order valence-corrected chi connectivity index (χ2v) is 7.48. The van der Waals surface area contributed by atoms with E-state index < -0.39 is 0 Å². The van der Waals surface area contributed by atoms with Gasteiger partial charge in [0.15, 0.2) is 5.13 Å². The Labute approximate surface area is 149 Å². The second-order valence-electron chi connectivity index (χ2n) is 6.45. The van der Waals surface area contributed by atoms with E-state index in [0.29, 0.717) is 11.6 Å². The summed E-state index contributed by atoms with van der Waals surface area (Å²) in [7, 11) is 0. The monoisotopic (exact) mass is 344 g/mol. The van der Waals surface area contributed by atoms with Gasteiger partial charge in [0.25, 0.3) is 0 Å². The number of benzene rings is 3. The minimum Gasteiger partial charge on any atom is -0.302 e. The van der Waals surface area contributed by atoms with Crippen molar-refractivity contribution in [2.45, 2.75) is 19.3 Å². The fourth-order valence-corrected chi connectivity index (χ4v) is 4.67. The normalized spacial score (nSPS) is 12.8. The molecule has 0 fully saturated rings. The lowest BCUT2D eigenvalue weighted by Gasteiger charge is -2.02. The van der Waals surface area contributed by atoms with Crippen LogP contribution in [0.3, 0.4) is 0 Å². The maximum Gasteiger partial charge on any atom is 0.230 e. The van der Waals surface area contributed by atoms with Crippen LogP contribution in [0.5, 0.6) is 0 Å². The highest BCUT2D eigenvalue weighted by Crippen LogP contribution is 2.38. The van der Waals surface area contributed by atoms with Crippen molar-refractivity contribution >= 4 is 43.4 Å². The standard InChI is InChI=1S/C21H16N2OS/c24-18(11-13-5-2-1-3-6-13)22-21-23-20-16-8-4-7-14-9-10-15(19(14)16)12-17(20)25-21/h1-8,12H,9-11H2,(H,22,23,24). The first-order chi connectivity index (χ1) is 12.3. The number of amides is 1. The molecule has 5 rings (SSSR count). The van der Waals surface area contributed by atoms with Gasteiger partial charge in [-0.15, -0.1) is 0 Å². The first kappa shape index (κ1) is 14.6. The van der Waals surface area contributed by atoms with Crippen LogP contribution in [0.15, 0.2) is 54.6 Å². The van der Waals surface area contributed by atoms with Gasteiger partial charge in [-0.05, 0) is 41.0 Å². The van der Waals surface area contributed by atoms with Crippen molar-refractivity contribution in [2.75, 3.05) is 5.32 Å². The number of hydrogen-bond donors (Lipinski definition) is 1. The van der Waals surface area contributed by atoms with Crippen molar-refractivity contribution in [3.63, 3.8) is 0 Å². The lowest BCUT2D eigenvalue weighted by atomic mass is 10.0. The Morgan fingerprint density at radius 3 is 2.76 bits per heavy atom. The molecule has 0 aliphatic heterocycles. The van der Waals surface area contributed by atoms with E-state index in [2.05, 4.69) is 29.6 Å². The van der Waals surface area contributed by atoms with Crippen molar-refractivity contribution in [2.24, 2.45) is 0 Å². The Balaban J connectivity index is 1.50. The predicted molar refractivity (Wildman–Crippen MR) is 103 cm³/mol. The summed E-state index contributed by atoms with van der Waals surface area (Å²) in [6.45, 7) is 0. The van der Waals surface area contributed by atoms with Gasteiger partial charge in [0.2, 0.25) is 5.91 Å². The van der Waals surface area contributed by atoms with Crippen LogP contribution < -0.4 is 5.32 Å². The van der Waals surface area contributed by atoms with Gasteiger partial charge in [0.1, 0.15) is 0 Å². The van der Waals surface area contributed by atoms with Gasteiger partial charge in [-0.1, -0.05) is 59.9 Å². The molecule has 0 atom stereocenters. The van der Waals surface area contributed by atoms with Crippen LogP contribution in [0.4, 0.5) is 5.13 Å². The van der Waals surface area contributed by atoms with E-state index in [9.17, 15) is 4.79 Å². The third kappa shape index (κ3) is 2.50. The molecular weight excluding hydrogens is 328 g/mol. The molecule has 3 nitrogen and oxygen atoms in total. The lowest BCUT2D eigenvalue weighted by molar-refractivity contribution is -0.115. The number of carbonyl (C=O) groups excluding carboxylic acids is 1. The molecule has 122 valence electrons. The van der Waals surface area contributed by atoms with Crippen LogP contribution in [0.2, 0.25) is 0 Å². The van der Waals surface area contributed by atoms with Crippen molar-refractivity contribution < 1.29 is 4.79 Å². The molecular formula is C21H16N2OS. The SMILES string of the molecule is O=C(Cc1ccccc1)Nc1nc2c(cc3c4c(cccc42)CC3)s1. The molecule has 1 aromatic heterocycles. The van der Waals surface area contributed by atoms with E-state index in [4.69, 9.17) is 4.98 Å². The summed E-state index contributed by atoms with van der Waals surface area (Å²) in [5, 5.41) is 6.22. The number of fused-ring (bicyclic) bond motifs is 2. The van der Waals surface area contributed by atoms with Crippen LogP contribution in [-0.2, 0) is 24.1 Å². The lowest BCUT2D eigenvalue weighted by Crippen LogP contribution is -2.13. The van der Waals surface area contributed by atoms with E-state index in [1.807, 2.05) is 30.3 Å². The maximum atomic E-state index is 12.3. The van der Waals surface area contributed by atoms with Crippen LogP contribution >= 0.6 is 11.3 Å². The molecule has 0 saturated heterocycles. The molecule has 0 spiro atoms. The number of aryl methyl sites for hydroxylation is 2. The van der Waals surface area contributed by atoms with Crippen LogP contribution in [-0.4, -0.2) is 10.9 Å². The van der Waals surface area contributed by atoms with Gasteiger partial charge in [0.05, 0.1) is 16.6 Å².